The van der Waals surface area contributed by atoms with Crippen molar-refractivity contribution in [1.82, 2.24) is 15.1 Å². The van der Waals surface area contributed by atoms with Gasteiger partial charge in [-0.1, -0.05) is 24.3 Å². The number of nitriles is 1. The number of carbonyl (C=O) groups excluding carboxylic acids is 1. The van der Waals surface area contributed by atoms with Gasteiger partial charge in [0.05, 0.1) is 6.07 Å². The van der Waals surface area contributed by atoms with E-state index in [1.807, 2.05) is 35.2 Å². The van der Waals surface area contributed by atoms with Gasteiger partial charge >= 0.3 is 0 Å². The molecule has 0 unspecified atom stereocenters. The quantitative estimate of drug-likeness (QED) is 0.502. The Morgan fingerprint density at radius 1 is 1.00 bits per heavy atom. The van der Waals surface area contributed by atoms with Crippen molar-refractivity contribution in [2.45, 2.75) is 6.42 Å². The van der Waals surface area contributed by atoms with Gasteiger partial charge in [0.2, 0.25) is 0 Å². The third-order valence-corrected chi connectivity index (χ3v) is 5.24. The predicted octanol–water partition coefficient (Wildman–Crippen LogP) is 2.69. The van der Waals surface area contributed by atoms with Gasteiger partial charge in [-0.25, -0.2) is 0 Å². The van der Waals surface area contributed by atoms with Gasteiger partial charge in [-0.3, -0.25) is 15.0 Å². The fraction of sp³-hybridized carbons (Fsp3) is 0.348. The van der Waals surface area contributed by atoms with E-state index < -0.39 is 0 Å². The van der Waals surface area contributed by atoms with Crippen molar-refractivity contribution in [1.29, 1.82) is 5.26 Å². The van der Waals surface area contributed by atoms with Crippen LogP contribution in [-0.2, 0) is 0 Å². The second-order valence-corrected chi connectivity index (χ2v) is 7.42. The van der Waals surface area contributed by atoms with Gasteiger partial charge in [0, 0.05) is 44.7 Å². The summed E-state index contributed by atoms with van der Waals surface area (Å²) >= 11 is 5.42. The lowest BCUT2D eigenvalue weighted by atomic mass is 10.2. The van der Waals surface area contributed by atoms with Crippen molar-refractivity contribution < 1.29 is 14.3 Å². The highest BCUT2D eigenvalue weighted by molar-refractivity contribution is 7.80. The summed E-state index contributed by atoms with van der Waals surface area (Å²) in [5, 5.41) is 11.9. The van der Waals surface area contributed by atoms with Gasteiger partial charge in [0.15, 0.2) is 5.11 Å². The van der Waals surface area contributed by atoms with E-state index in [0.717, 1.165) is 38.5 Å². The molecule has 0 aromatic heterocycles. The number of amides is 1. The van der Waals surface area contributed by atoms with Crippen LogP contribution in [-0.4, -0.2) is 66.8 Å². The molecule has 162 valence electrons. The largest absolute Gasteiger partial charge is 0.490 e. The Kier molecular flexibility index (Phi) is 8.64. The average Bonchev–Trinajstić information content (AvgIpc) is 2.81. The highest BCUT2D eigenvalue weighted by Crippen LogP contribution is 2.14. The first-order chi connectivity index (χ1) is 15.2. The minimum absolute atomic E-state index is 0.261. The summed E-state index contributed by atoms with van der Waals surface area (Å²) < 4.78 is 11.3. The summed E-state index contributed by atoms with van der Waals surface area (Å²) in [4.78, 5) is 16.8. The molecule has 8 heteroatoms. The minimum atomic E-state index is -0.261. The molecule has 2 aromatic rings. The standard InChI is InChI=1S/C23H26N4O3S/c24-10-5-11-26-12-14-27(15-13-26)23(31)25-22(28)19-6-4-9-21(18-19)30-17-16-29-20-7-2-1-3-8-20/h1-4,6-9,18H,5,11-17H2,(H,25,28,31). The monoisotopic (exact) mass is 438 g/mol. The van der Waals surface area contributed by atoms with E-state index in [2.05, 4.69) is 16.3 Å². The van der Waals surface area contributed by atoms with Crippen molar-refractivity contribution in [2.24, 2.45) is 0 Å². The van der Waals surface area contributed by atoms with Crippen LogP contribution < -0.4 is 14.8 Å². The molecule has 7 nitrogen and oxygen atoms in total. The van der Waals surface area contributed by atoms with Gasteiger partial charge in [0.1, 0.15) is 24.7 Å². The molecule has 3 rings (SSSR count). The topological polar surface area (TPSA) is 77.8 Å². The normalized spacial score (nSPS) is 13.8. The van der Waals surface area contributed by atoms with Crippen molar-refractivity contribution >= 4 is 23.2 Å². The van der Waals surface area contributed by atoms with Crippen LogP contribution in [0.25, 0.3) is 0 Å². The molecule has 0 saturated carbocycles. The van der Waals surface area contributed by atoms with Crippen molar-refractivity contribution in [3.63, 3.8) is 0 Å². The number of ether oxygens (including phenoxy) is 2. The molecule has 1 saturated heterocycles. The molecule has 0 spiro atoms. The number of hydrogen-bond donors (Lipinski definition) is 1. The Hall–Kier alpha value is -3.15. The van der Waals surface area contributed by atoms with Crippen molar-refractivity contribution in [3.05, 3.63) is 60.2 Å². The van der Waals surface area contributed by atoms with Crippen LogP contribution in [0.3, 0.4) is 0 Å². The van der Waals surface area contributed by atoms with Crippen LogP contribution in [0.5, 0.6) is 11.5 Å². The van der Waals surface area contributed by atoms with Gasteiger partial charge in [0.25, 0.3) is 5.91 Å². The van der Waals surface area contributed by atoms with E-state index in [-0.39, 0.29) is 5.91 Å². The molecule has 1 aliphatic rings. The Morgan fingerprint density at radius 2 is 1.68 bits per heavy atom. The average molecular weight is 439 g/mol. The first-order valence-electron chi connectivity index (χ1n) is 10.3. The Balaban J connectivity index is 1.43. The summed E-state index contributed by atoms with van der Waals surface area (Å²) in [5.74, 6) is 1.13. The second-order valence-electron chi connectivity index (χ2n) is 7.03. The van der Waals surface area contributed by atoms with Crippen LogP contribution in [0.15, 0.2) is 54.6 Å². The molecule has 1 amide bonds. The molecule has 2 aromatic carbocycles. The summed E-state index contributed by atoms with van der Waals surface area (Å²) in [7, 11) is 0. The zero-order chi connectivity index (χ0) is 21.9. The Morgan fingerprint density at radius 3 is 2.39 bits per heavy atom. The number of para-hydroxylation sites is 1. The molecule has 1 N–H and O–H groups in total. The van der Waals surface area contributed by atoms with E-state index in [4.69, 9.17) is 27.0 Å². The molecule has 0 radical (unpaired) electrons. The van der Waals surface area contributed by atoms with Crippen LogP contribution in [0.2, 0.25) is 0 Å². The molecule has 31 heavy (non-hydrogen) atoms. The van der Waals surface area contributed by atoms with Crippen LogP contribution >= 0.6 is 12.2 Å². The lowest BCUT2D eigenvalue weighted by Crippen LogP contribution is -2.52. The first-order valence-corrected chi connectivity index (χ1v) is 10.7. The van der Waals surface area contributed by atoms with Gasteiger partial charge < -0.3 is 14.4 Å². The summed E-state index contributed by atoms with van der Waals surface area (Å²) in [6, 6.07) is 18.7. The number of thiocarbonyl (C=S) groups is 1. The van der Waals surface area contributed by atoms with E-state index >= 15 is 0 Å². The van der Waals surface area contributed by atoms with Crippen LogP contribution in [0.4, 0.5) is 0 Å². The summed E-state index contributed by atoms with van der Waals surface area (Å²) in [5.41, 5.74) is 0.483. The molecule has 0 atom stereocenters. The number of rotatable bonds is 8. The van der Waals surface area contributed by atoms with Gasteiger partial charge in [-0.2, -0.15) is 5.26 Å². The molecule has 1 fully saturated rings. The first kappa shape index (κ1) is 22.5. The highest BCUT2D eigenvalue weighted by atomic mass is 32.1. The third-order valence-electron chi connectivity index (χ3n) is 4.88. The van der Waals surface area contributed by atoms with Gasteiger partial charge in [-0.05, 0) is 42.5 Å². The zero-order valence-corrected chi connectivity index (χ0v) is 18.1. The lowest BCUT2D eigenvalue weighted by molar-refractivity contribution is 0.0969. The predicted molar refractivity (Wildman–Crippen MR) is 122 cm³/mol. The zero-order valence-electron chi connectivity index (χ0n) is 17.3. The number of nitrogens with one attached hydrogen (secondary N) is 1. The van der Waals surface area contributed by atoms with Crippen LogP contribution in [0, 0.1) is 11.3 Å². The SMILES string of the molecule is N#CCCN1CCN(C(=S)NC(=O)c2cccc(OCCOc3ccccc3)c2)CC1. The lowest BCUT2D eigenvalue weighted by Gasteiger charge is -2.35. The number of benzene rings is 2. The van der Waals surface area contributed by atoms with Crippen molar-refractivity contribution in [2.75, 3.05) is 45.9 Å². The number of nitrogens with zero attached hydrogens (tertiary/aromatic N) is 3. The maximum absolute atomic E-state index is 12.6. The fourth-order valence-corrected chi connectivity index (χ4v) is 3.47. The fourth-order valence-electron chi connectivity index (χ4n) is 3.19. The van der Waals surface area contributed by atoms with E-state index in [1.165, 1.54) is 0 Å². The number of hydrogen-bond acceptors (Lipinski definition) is 6. The molecule has 0 bridgehead atoms. The van der Waals surface area contributed by atoms with E-state index in [9.17, 15) is 4.79 Å². The van der Waals surface area contributed by atoms with Crippen LogP contribution in [0.1, 0.15) is 16.8 Å². The number of piperazine rings is 1. The number of carbonyl (C=O) groups is 1. The highest BCUT2D eigenvalue weighted by Gasteiger charge is 2.20. The molecule has 0 aliphatic carbocycles. The molecular formula is C23H26N4O3S. The Labute approximate surface area is 188 Å². The maximum Gasteiger partial charge on any atom is 0.257 e. The molecular weight excluding hydrogens is 412 g/mol. The van der Waals surface area contributed by atoms with Gasteiger partial charge in [-0.15, -0.1) is 0 Å². The molecule has 1 aliphatic heterocycles. The van der Waals surface area contributed by atoms with Crippen molar-refractivity contribution in [3.8, 4) is 17.6 Å². The maximum atomic E-state index is 12.6. The summed E-state index contributed by atoms with van der Waals surface area (Å²) in [6.07, 6.45) is 0.526. The molecule has 1 heterocycles. The summed E-state index contributed by atoms with van der Waals surface area (Å²) in [6.45, 7) is 4.66. The van der Waals surface area contributed by atoms with E-state index in [1.54, 1.807) is 24.3 Å². The Bertz CT molecular complexity index is 909. The minimum Gasteiger partial charge on any atom is -0.490 e. The smallest absolute Gasteiger partial charge is 0.257 e. The second kappa shape index (κ2) is 11.9. The third kappa shape index (κ3) is 7.24. The van der Waals surface area contributed by atoms with E-state index in [0.29, 0.717) is 36.1 Å².